The van der Waals surface area contributed by atoms with Crippen LogP contribution >= 0.6 is 0 Å². The average molecular weight is 266 g/mol. The van der Waals surface area contributed by atoms with Crippen molar-refractivity contribution < 1.29 is 15.4 Å². The number of nitrogens with two attached hydrogens (primary N) is 1. The largest absolute Gasteiger partial charge is 0.411 e. The fraction of sp³-hybridized carbons (Fsp3) is 0.500. The summed E-state index contributed by atoms with van der Waals surface area (Å²) in [6.07, 6.45) is 1.85. The molecule has 0 heterocycles. The summed E-state index contributed by atoms with van der Waals surface area (Å²) in [6.45, 7) is 1.45. The molecule has 106 valence electrons. The van der Waals surface area contributed by atoms with Crippen molar-refractivity contribution in [1.29, 1.82) is 0 Å². The third-order valence-electron chi connectivity index (χ3n) is 3.28. The monoisotopic (exact) mass is 266 g/mol. The first-order chi connectivity index (χ1) is 9.08. The molecule has 0 amide bonds. The average Bonchev–Trinajstić information content (AvgIpc) is 2.47. The molecule has 5 heteroatoms. The maximum absolute atomic E-state index is 9.12. The van der Waals surface area contributed by atoms with E-state index < -0.39 is 5.54 Å². The zero-order valence-electron chi connectivity index (χ0n) is 11.2. The van der Waals surface area contributed by atoms with Gasteiger partial charge in [-0.25, -0.2) is 0 Å². The van der Waals surface area contributed by atoms with Crippen molar-refractivity contribution in [2.24, 2.45) is 10.9 Å². The van der Waals surface area contributed by atoms with E-state index in [-0.39, 0.29) is 13.2 Å². The molecule has 19 heavy (non-hydrogen) atoms. The van der Waals surface area contributed by atoms with Crippen LogP contribution in [0.4, 0.5) is 0 Å². The van der Waals surface area contributed by atoms with Crippen LogP contribution < -0.4 is 5.73 Å². The molecule has 0 unspecified atom stereocenters. The topological polar surface area (TPSA) is 99.1 Å². The second-order valence-electron chi connectivity index (χ2n) is 4.78. The molecule has 5 nitrogen and oxygen atoms in total. The Hall–Kier alpha value is -1.43. The molecule has 1 aromatic carbocycles. The molecule has 1 rings (SSSR count). The van der Waals surface area contributed by atoms with Crippen LogP contribution in [0, 0.1) is 0 Å². The third-order valence-corrected chi connectivity index (χ3v) is 3.28. The summed E-state index contributed by atoms with van der Waals surface area (Å²) in [5, 5.41) is 30.3. The summed E-state index contributed by atoms with van der Waals surface area (Å²) in [4.78, 5) is 0. The molecule has 0 radical (unpaired) electrons. The number of aryl methyl sites for hydroxylation is 1. The van der Waals surface area contributed by atoms with Gasteiger partial charge >= 0.3 is 0 Å². The van der Waals surface area contributed by atoms with Gasteiger partial charge in [0, 0.05) is 0 Å². The van der Waals surface area contributed by atoms with Crippen molar-refractivity contribution in [1.82, 2.24) is 0 Å². The van der Waals surface area contributed by atoms with Crippen molar-refractivity contribution in [3.63, 3.8) is 0 Å². The van der Waals surface area contributed by atoms with Crippen LogP contribution in [0.5, 0.6) is 0 Å². The maximum Gasteiger partial charge on any atom is 0.0865 e. The number of oxime groups is 1. The van der Waals surface area contributed by atoms with E-state index in [0.717, 1.165) is 11.1 Å². The molecule has 0 aromatic heterocycles. The lowest BCUT2D eigenvalue weighted by Crippen LogP contribution is -2.47. The molecule has 0 spiro atoms. The lowest BCUT2D eigenvalue weighted by molar-refractivity contribution is 0.115. The van der Waals surface area contributed by atoms with Crippen molar-refractivity contribution in [3.8, 4) is 0 Å². The van der Waals surface area contributed by atoms with Gasteiger partial charge in [0.15, 0.2) is 0 Å². The number of nitrogens with zero attached hydrogens (tertiary/aromatic N) is 1. The number of hydrogen-bond donors (Lipinski definition) is 4. The molecule has 0 aliphatic carbocycles. The van der Waals surface area contributed by atoms with E-state index >= 15 is 0 Å². The first-order valence-corrected chi connectivity index (χ1v) is 6.39. The number of rotatable bonds is 7. The summed E-state index contributed by atoms with van der Waals surface area (Å²) < 4.78 is 0. The highest BCUT2D eigenvalue weighted by molar-refractivity contribution is 5.99. The molecule has 1 aromatic rings. The smallest absolute Gasteiger partial charge is 0.0865 e. The lowest BCUT2D eigenvalue weighted by Gasteiger charge is -2.24. The minimum atomic E-state index is -0.931. The molecular formula is C14H22N2O3. The zero-order valence-corrected chi connectivity index (χ0v) is 11.2. The first-order valence-electron chi connectivity index (χ1n) is 6.39. The highest BCUT2D eigenvalue weighted by atomic mass is 16.4. The van der Waals surface area contributed by atoms with Crippen LogP contribution in [0.1, 0.15) is 30.9 Å². The van der Waals surface area contributed by atoms with Crippen LogP contribution in [0.15, 0.2) is 29.4 Å². The van der Waals surface area contributed by atoms with Crippen LogP contribution in [-0.4, -0.2) is 39.9 Å². The zero-order chi connectivity index (χ0) is 14.3. The third kappa shape index (κ3) is 4.31. The van der Waals surface area contributed by atoms with Crippen molar-refractivity contribution >= 4 is 5.71 Å². The first kappa shape index (κ1) is 15.6. The van der Waals surface area contributed by atoms with Gasteiger partial charge in [0.1, 0.15) is 0 Å². The molecule has 0 aliphatic heterocycles. The predicted octanol–water partition coefficient (Wildman–Crippen LogP) is 0.890. The van der Waals surface area contributed by atoms with Gasteiger partial charge in [0.25, 0.3) is 0 Å². The minimum Gasteiger partial charge on any atom is -0.411 e. The van der Waals surface area contributed by atoms with Gasteiger partial charge in [-0.3, -0.25) is 0 Å². The fourth-order valence-electron chi connectivity index (χ4n) is 1.80. The molecule has 0 bridgehead atoms. The molecule has 0 aliphatic rings. The Balaban J connectivity index is 2.68. The summed E-state index contributed by atoms with van der Waals surface area (Å²) in [5.41, 5.74) is 7.48. The van der Waals surface area contributed by atoms with E-state index in [2.05, 4.69) is 5.16 Å². The van der Waals surface area contributed by atoms with E-state index in [1.165, 1.54) is 0 Å². The quantitative estimate of drug-likeness (QED) is 0.334. The van der Waals surface area contributed by atoms with E-state index in [4.69, 9.17) is 21.2 Å². The molecule has 0 atom stereocenters. The Labute approximate surface area is 113 Å². The Bertz CT molecular complexity index is 411. The summed E-state index contributed by atoms with van der Waals surface area (Å²) in [5.74, 6) is 0. The van der Waals surface area contributed by atoms with Gasteiger partial charge in [-0.15, -0.1) is 0 Å². The Morgan fingerprint density at radius 2 is 1.79 bits per heavy atom. The van der Waals surface area contributed by atoms with Crippen LogP contribution in [0.25, 0.3) is 0 Å². The van der Waals surface area contributed by atoms with Crippen LogP contribution in [0.2, 0.25) is 0 Å². The van der Waals surface area contributed by atoms with Crippen LogP contribution in [-0.2, 0) is 6.42 Å². The Kier molecular flexibility index (Phi) is 5.95. The van der Waals surface area contributed by atoms with Gasteiger partial charge in [-0.2, -0.15) is 0 Å². The molecular weight excluding hydrogens is 244 g/mol. The highest BCUT2D eigenvalue weighted by Gasteiger charge is 2.22. The number of aliphatic hydroxyl groups excluding tert-OH is 2. The molecule has 5 N–H and O–H groups in total. The standard InChI is InChI=1S/C14H22N2O3/c1-2-13(16-19)12-5-3-11(4-6-12)7-8-14(15,9-17)10-18/h3-6,17-19H,2,7-10,15H2,1H3/b16-13+. The summed E-state index contributed by atoms with van der Waals surface area (Å²) in [6, 6.07) is 7.66. The second kappa shape index (κ2) is 7.23. The van der Waals surface area contributed by atoms with E-state index in [0.29, 0.717) is 25.0 Å². The summed E-state index contributed by atoms with van der Waals surface area (Å²) in [7, 11) is 0. The lowest BCUT2D eigenvalue weighted by atomic mass is 9.93. The van der Waals surface area contributed by atoms with E-state index in [9.17, 15) is 0 Å². The highest BCUT2D eigenvalue weighted by Crippen LogP contribution is 2.13. The SMILES string of the molecule is CC/C(=N\O)c1ccc(CCC(N)(CO)CO)cc1. The van der Waals surface area contributed by atoms with Crippen molar-refractivity contribution in [2.75, 3.05) is 13.2 Å². The van der Waals surface area contributed by atoms with Gasteiger partial charge in [-0.1, -0.05) is 36.3 Å². The number of benzene rings is 1. The maximum atomic E-state index is 9.12. The minimum absolute atomic E-state index is 0.237. The molecule has 0 saturated carbocycles. The Morgan fingerprint density at radius 3 is 2.21 bits per heavy atom. The Morgan fingerprint density at radius 1 is 1.21 bits per heavy atom. The molecule has 0 fully saturated rings. The van der Waals surface area contributed by atoms with E-state index in [1.54, 1.807) is 0 Å². The number of aliphatic hydroxyl groups is 2. The van der Waals surface area contributed by atoms with Crippen molar-refractivity contribution in [3.05, 3.63) is 35.4 Å². The normalized spacial score (nSPS) is 12.7. The second-order valence-corrected chi connectivity index (χ2v) is 4.78. The van der Waals surface area contributed by atoms with Gasteiger partial charge in [0.2, 0.25) is 0 Å². The fourth-order valence-corrected chi connectivity index (χ4v) is 1.80. The number of hydrogen-bond acceptors (Lipinski definition) is 5. The van der Waals surface area contributed by atoms with Gasteiger partial charge in [-0.05, 0) is 30.4 Å². The van der Waals surface area contributed by atoms with E-state index in [1.807, 2.05) is 31.2 Å². The van der Waals surface area contributed by atoms with Gasteiger partial charge < -0.3 is 21.2 Å². The van der Waals surface area contributed by atoms with Crippen LogP contribution in [0.3, 0.4) is 0 Å². The van der Waals surface area contributed by atoms with Gasteiger partial charge in [0.05, 0.1) is 24.5 Å². The predicted molar refractivity (Wildman–Crippen MR) is 74.5 cm³/mol. The summed E-state index contributed by atoms with van der Waals surface area (Å²) >= 11 is 0. The van der Waals surface area contributed by atoms with Crippen molar-refractivity contribution in [2.45, 2.75) is 31.7 Å². The molecule has 0 saturated heterocycles.